The fourth-order valence-corrected chi connectivity index (χ4v) is 2.31. The van der Waals surface area contributed by atoms with Crippen LogP contribution in [0.2, 0.25) is 0 Å². The number of aryl methyl sites for hydroxylation is 1. The summed E-state index contributed by atoms with van der Waals surface area (Å²) in [5, 5.41) is 21.1. The predicted octanol–water partition coefficient (Wildman–Crippen LogP) is 1.80. The minimum Gasteiger partial charge on any atom is -0.504 e. The molecule has 0 spiro atoms. The highest BCUT2D eigenvalue weighted by Crippen LogP contribution is 2.40. The van der Waals surface area contributed by atoms with Gasteiger partial charge in [-0.3, -0.25) is 0 Å². The first-order chi connectivity index (χ1) is 7.13. The second-order valence-electron chi connectivity index (χ2n) is 3.39. The molecule has 0 saturated carbocycles. The summed E-state index contributed by atoms with van der Waals surface area (Å²) in [5.41, 5.74) is 0. The summed E-state index contributed by atoms with van der Waals surface area (Å²) >= 11 is 1.43. The molecule has 0 unspecified atom stereocenters. The first-order valence-corrected chi connectivity index (χ1v) is 5.74. The molecule has 2 N–H and O–H groups in total. The number of phenolic OH excluding ortho intramolecular Hbond substituents is 2. The van der Waals surface area contributed by atoms with Crippen LogP contribution in [0.4, 0.5) is 0 Å². The lowest BCUT2D eigenvalue weighted by Crippen LogP contribution is -2.25. The van der Waals surface area contributed by atoms with Crippen LogP contribution in [0.3, 0.4) is 0 Å². The minimum absolute atomic E-state index is 0.0381. The molecule has 3 nitrogen and oxygen atoms in total. The van der Waals surface area contributed by atoms with Crippen molar-refractivity contribution in [2.24, 2.45) is 7.05 Å². The fraction of sp³-hybridized carbons (Fsp3) is 0.182. The maximum atomic E-state index is 9.69. The van der Waals surface area contributed by atoms with E-state index in [2.05, 4.69) is 0 Å². The van der Waals surface area contributed by atoms with E-state index in [9.17, 15) is 10.2 Å². The third kappa shape index (κ3) is 1.61. The van der Waals surface area contributed by atoms with E-state index >= 15 is 0 Å². The van der Waals surface area contributed by atoms with Gasteiger partial charge in [0, 0.05) is 11.5 Å². The first-order valence-electron chi connectivity index (χ1n) is 4.51. The Morgan fingerprint density at radius 2 is 2.07 bits per heavy atom. The Balaban J connectivity index is 2.88. The quantitative estimate of drug-likeness (QED) is 0.439. The monoisotopic (exact) mass is 222 g/mol. The lowest BCUT2D eigenvalue weighted by Gasteiger charge is -2.07. The smallest absolute Gasteiger partial charge is 0.176 e. The number of nitrogens with zero attached hydrogens (tertiary/aromatic N) is 1. The van der Waals surface area contributed by atoms with Crippen molar-refractivity contribution in [1.29, 1.82) is 0 Å². The molecule has 1 heterocycles. The second kappa shape index (κ2) is 3.62. The van der Waals surface area contributed by atoms with Crippen molar-refractivity contribution in [3.05, 3.63) is 24.5 Å². The maximum absolute atomic E-state index is 9.69. The Morgan fingerprint density at radius 1 is 1.33 bits per heavy atom. The van der Waals surface area contributed by atoms with Gasteiger partial charge in [-0.25, -0.2) is 4.57 Å². The van der Waals surface area contributed by atoms with Crippen molar-refractivity contribution < 1.29 is 14.8 Å². The fourth-order valence-electron chi connectivity index (χ4n) is 1.61. The van der Waals surface area contributed by atoms with Crippen LogP contribution in [0.15, 0.2) is 29.4 Å². The SMILES string of the molecule is CSc1c(O)c(O)cc2c[n+](C)ccc12. The van der Waals surface area contributed by atoms with Crippen LogP contribution < -0.4 is 4.57 Å². The van der Waals surface area contributed by atoms with Gasteiger partial charge in [-0.1, -0.05) is 0 Å². The number of fused-ring (bicyclic) bond motifs is 1. The van der Waals surface area contributed by atoms with Gasteiger partial charge in [0.15, 0.2) is 23.9 Å². The standard InChI is InChI=1S/C11H11NO2S/c1-12-4-3-8-7(6-12)5-9(13)10(14)11(8)15-2/h3-6,13H,1-2H3/p+1. The molecule has 0 saturated heterocycles. The van der Waals surface area contributed by atoms with E-state index in [1.807, 2.05) is 36.3 Å². The number of benzene rings is 1. The molecule has 0 aliphatic rings. The summed E-state index contributed by atoms with van der Waals surface area (Å²) in [6.07, 6.45) is 5.70. The Kier molecular flexibility index (Phi) is 2.44. The first kappa shape index (κ1) is 10.1. The van der Waals surface area contributed by atoms with Crippen LogP contribution in [-0.4, -0.2) is 16.5 Å². The summed E-state index contributed by atoms with van der Waals surface area (Å²) in [6.45, 7) is 0. The number of pyridine rings is 1. The van der Waals surface area contributed by atoms with Gasteiger partial charge in [0.2, 0.25) is 0 Å². The highest BCUT2D eigenvalue weighted by atomic mass is 32.2. The van der Waals surface area contributed by atoms with Gasteiger partial charge in [-0.2, -0.15) is 0 Å². The molecule has 0 radical (unpaired) electrons. The Labute approximate surface area is 92.0 Å². The van der Waals surface area contributed by atoms with Crippen molar-refractivity contribution >= 4 is 22.5 Å². The maximum Gasteiger partial charge on any atom is 0.176 e. The van der Waals surface area contributed by atoms with Gasteiger partial charge in [-0.15, -0.1) is 11.8 Å². The van der Waals surface area contributed by atoms with Gasteiger partial charge in [0.05, 0.1) is 10.3 Å². The van der Waals surface area contributed by atoms with Crippen molar-refractivity contribution in [2.75, 3.05) is 6.26 Å². The number of rotatable bonds is 1. The van der Waals surface area contributed by atoms with E-state index in [1.165, 1.54) is 11.8 Å². The molecule has 1 aromatic carbocycles. The van der Waals surface area contributed by atoms with Crippen LogP contribution >= 0.6 is 11.8 Å². The summed E-state index contributed by atoms with van der Waals surface area (Å²) in [7, 11) is 1.92. The summed E-state index contributed by atoms with van der Waals surface area (Å²) < 4.78 is 1.91. The Morgan fingerprint density at radius 3 is 2.73 bits per heavy atom. The van der Waals surface area contributed by atoms with Gasteiger partial charge in [0.25, 0.3) is 0 Å². The predicted molar refractivity (Wildman–Crippen MR) is 60.2 cm³/mol. The normalized spacial score (nSPS) is 10.8. The Hall–Kier alpha value is -1.42. The number of hydrogen-bond donors (Lipinski definition) is 2. The zero-order chi connectivity index (χ0) is 11.0. The molecule has 0 aliphatic carbocycles. The average molecular weight is 222 g/mol. The number of phenols is 2. The summed E-state index contributed by atoms with van der Waals surface area (Å²) in [4.78, 5) is 0.714. The highest BCUT2D eigenvalue weighted by molar-refractivity contribution is 7.99. The van der Waals surface area contributed by atoms with E-state index in [4.69, 9.17) is 0 Å². The molecule has 0 aliphatic heterocycles. The third-order valence-electron chi connectivity index (χ3n) is 2.33. The molecule has 4 heteroatoms. The zero-order valence-electron chi connectivity index (χ0n) is 8.56. The van der Waals surface area contributed by atoms with Crippen LogP contribution in [0.5, 0.6) is 11.5 Å². The van der Waals surface area contributed by atoms with Crippen molar-refractivity contribution in [3.8, 4) is 11.5 Å². The molecule has 0 atom stereocenters. The van der Waals surface area contributed by atoms with Crippen LogP contribution in [0.1, 0.15) is 0 Å². The number of hydrogen-bond acceptors (Lipinski definition) is 3. The molecule has 1 aromatic heterocycles. The van der Waals surface area contributed by atoms with Crippen molar-refractivity contribution in [1.82, 2.24) is 0 Å². The molecule has 2 rings (SSSR count). The largest absolute Gasteiger partial charge is 0.504 e. The molecule has 78 valence electrons. The lowest BCUT2D eigenvalue weighted by molar-refractivity contribution is -0.670. The van der Waals surface area contributed by atoms with Gasteiger partial charge < -0.3 is 10.2 Å². The van der Waals surface area contributed by atoms with Crippen molar-refractivity contribution in [3.63, 3.8) is 0 Å². The molecular formula is C11H12NO2S+. The third-order valence-corrected chi connectivity index (χ3v) is 3.15. The van der Waals surface area contributed by atoms with Gasteiger partial charge in [-0.05, 0) is 12.3 Å². The average Bonchev–Trinajstić information content (AvgIpc) is 2.20. The van der Waals surface area contributed by atoms with E-state index in [-0.39, 0.29) is 11.5 Å². The Bertz CT molecular complexity index is 525. The topological polar surface area (TPSA) is 44.3 Å². The van der Waals surface area contributed by atoms with Crippen LogP contribution in [0.25, 0.3) is 10.8 Å². The second-order valence-corrected chi connectivity index (χ2v) is 4.21. The minimum atomic E-state index is -0.0712. The van der Waals surface area contributed by atoms with Crippen LogP contribution in [0, 0.1) is 0 Å². The van der Waals surface area contributed by atoms with E-state index in [0.29, 0.717) is 4.90 Å². The number of thioether (sulfide) groups is 1. The molecular weight excluding hydrogens is 210 g/mol. The molecule has 2 aromatic rings. The molecule has 15 heavy (non-hydrogen) atoms. The summed E-state index contributed by atoms with van der Waals surface area (Å²) in [5.74, 6) is -0.109. The zero-order valence-corrected chi connectivity index (χ0v) is 9.38. The number of aromatic hydroxyl groups is 2. The highest BCUT2D eigenvalue weighted by Gasteiger charge is 2.12. The van der Waals surface area contributed by atoms with Gasteiger partial charge in [0.1, 0.15) is 7.05 Å². The van der Waals surface area contributed by atoms with E-state index in [0.717, 1.165) is 10.8 Å². The molecule has 0 bridgehead atoms. The van der Waals surface area contributed by atoms with Gasteiger partial charge >= 0.3 is 0 Å². The summed E-state index contributed by atoms with van der Waals surface area (Å²) in [6, 6.07) is 3.50. The lowest BCUT2D eigenvalue weighted by atomic mass is 10.1. The van der Waals surface area contributed by atoms with E-state index in [1.54, 1.807) is 6.07 Å². The van der Waals surface area contributed by atoms with E-state index < -0.39 is 0 Å². The van der Waals surface area contributed by atoms with Crippen LogP contribution in [-0.2, 0) is 7.05 Å². The molecule has 0 fully saturated rings. The molecule has 0 amide bonds. The van der Waals surface area contributed by atoms with Crippen molar-refractivity contribution in [2.45, 2.75) is 4.90 Å². The number of aromatic nitrogens is 1.